The van der Waals surface area contributed by atoms with Crippen molar-refractivity contribution in [3.05, 3.63) is 44.3 Å². The molecule has 0 atom stereocenters. The van der Waals surface area contributed by atoms with Crippen LogP contribution in [-0.4, -0.2) is 24.0 Å². The zero-order valence-corrected chi connectivity index (χ0v) is 13.7. The number of benzene rings is 1. The van der Waals surface area contributed by atoms with E-state index in [1.807, 2.05) is 13.1 Å². The van der Waals surface area contributed by atoms with Crippen LogP contribution in [0.3, 0.4) is 0 Å². The van der Waals surface area contributed by atoms with Crippen molar-refractivity contribution in [3.8, 4) is 5.75 Å². The van der Waals surface area contributed by atoms with Gasteiger partial charge in [0.2, 0.25) is 0 Å². The molecule has 0 saturated heterocycles. The minimum Gasteiger partial charge on any atom is -0.482 e. The van der Waals surface area contributed by atoms with Gasteiger partial charge in [-0.15, -0.1) is 11.3 Å². The molecule has 0 fully saturated rings. The Labute approximate surface area is 137 Å². The summed E-state index contributed by atoms with van der Waals surface area (Å²) in [6.45, 7) is 2.43. The lowest BCUT2D eigenvalue weighted by Gasteiger charge is -2.08. The second-order valence-electron chi connectivity index (χ2n) is 4.31. The number of thiazole rings is 1. The SMILES string of the molecule is Cc1ncc(CCNC(=O)COc2ccc(Cl)cc2Cl)s1. The minimum atomic E-state index is -0.192. The Morgan fingerprint density at radius 3 is 2.90 bits per heavy atom. The first-order valence-electron chi connectivity index (χ1n) is 6.30. The molecular weight excluding hydrogens is 331 g/mol. The molecule has 1 N–H and O–H groups in total. The molecule has 0 saturated carbocycles. The van der Waals surface area contributed by atoms with Crippen molar-refractivity contribution in [2.45, 2.75) is 13.3 Å². The van der Waals surface area contributed by atoms with Crippen LogP contribution in [-0.2, 0) is 11.2 Å². The Bertz CT molecular complexity index is 631. The monoisotopic (exact) mass is 344 g/mol. The molecule has 1 aromatic carbocycles. The molecule has 1 heterocycles. The fourth-order valence-electron chi connectivity index (χ4n) is 1.63. The van der Waals surface area contributed by atoms with Crippen LogP contribution in [0.2, 0.25) is 10.0 Å². The lowest BCUT2D eigenvalue weighted by molar-refractivity contribution is -0.123. The largest absolute Gasteiger partial charge is 0.482 e. The average molecular weight is 345 g/mol. The maximum absolute atomic E-state index is 11.7. The van der Waals surface area contributed by atoms with Crippen LogP contribution < -0.4 is 10.1 Å². The van der Waals surface area contributed by atoms with Gasteiger partial charge in [-0.05, 0) is 25.1 Å². The van der Waals surface area contributed by atoms with Crippen molar-refractivity contribution in [1.29, 1.82) is 0 Å². The average Bonchev–Trinajstić information content (AvgIpc) is 2.83. The van der Waals surface area contributed by atoms with Crippen LogP contribution in [0.1, 0.15) is 9.88 Å². The summed E-state index contributed by atoms with van der Waals surface area (Å²) < 4.78 is 5.35. The molecule has 0 aliphatic heterocycles. The summed E-state index contributed by atoms with van der Waals surface area (Å²) in [5, 5.41) is 4.72. The van der Waals surface area contributed by atoms with Crippen molar-refractivity contribution >= 4 is 40.4 Å². The van der Waals surface area contributed by atoms with Gasteiger partial charge in [-0.2, -0.15) is 0 Å². The molecule has 4 nitrogen and oxygen atoms in total. The fourth-order valence-corrected chi connectivity index (χ4v) is 2.89. The first-order chi connectivity index (χ1) is 10.0. The number of aromatic nitrogens is 1. The quantitative estimate of drug-likeness (QED) is 0.872. The minimum absolute atomic E-state index is 0.0803. The van der Waals surface area contributed by atoms with Gasteiger partial charge in [0.15, 0.2) is 6.61 Å². The smallest absolute Gasteiger partial charge is 0.257 e. The molecule has 1 aromatic heterocycles. The maximum atomic E-state index is 11.7. The van der Waals surface area contributed by atoms with Crippen molar-refractivity contribution < 1.29 is 9.53 Å². The maximum Gasteiger partial charge on any atom is 0.257 e. The van der Waals surface area contributed by atoms with E-state index in [0.717, 1.165) is 16.3 Å². The predicted molar refractivity (Wildman–Crippen MR) is 85.5 cm³/mol. The molecule has 1 amide bonds. The summed E-state index contributed by atoms with van der Waals surface area (Å²) in [6, 6.07) is 4.87. The van der Waals surface area contributed by atoms with E-state index in [0.29, 0.717) is 22.3 Å². The molecule has 112 valence electrons. The van der Waals surface area contributed by atoms with E-state index in [9.17, 15) is 4.79 Å². The van der Waals surface area contributed by atoms with Gasteiger partial charge in [-0.1, -0.05) is 23.2 Å². The van der Waals surface area contributed by atoms with Crippen LogP contribution in [0.15, 0.2) is 24.4 Å². The first kappa shape index (κ1) is 16.1. The zero-order chi connectivity index (χ0) is 15.2. The van der Waals surface area contributed by atoms with Gasteiger partial charge in [0.05, 0.1) is 10.0 Å². The third kappa shape index (κ3) is 5.19. The topological polar surface area (TPSA) is 51.2 Å². The number of hydrogen-bond donors (Lipinski definition) is 1. The number of nitrogens with zero attached hydrogens (tertiary/aromatic N) is 1. The van der Waals surface area contributed by atoms with E-state index in [-0.39, 0.29) is 12.5 Å². The fraction of sp³-hybridized carbons (Fsp3) is 0.286. The molecule has 0 bridgehead atoms. The van der Waals surface area contributed by atoms with E-state index in [4.69, 9.17) is 27.9 Å². The number of halogens is 2. The van der Waals surface area contributed by atoms with Crippen molar-refractivity contribution in [1.82, 2.24) is 10.3 Å². The molecule has 0 radical (unpaired) electrons. The Morgan fingerprint density at radius 1 is 1.43 bits per heavy atom. The molecule has 21 heavy (non-hydrogen) atoms. The second kappa shape index (κ2) is 7.64. The molecule has 0 aliphatic carbocycles. The highest BCUT2D eigenvalue weighted by atomic mass is 35.5. The highest BCUT2D eigenvalue weighted by Crippen LogP contribution is 2.27. The molecule has 7 heteroatoms. The summed E-state index contributed by atoms with van der Waals surface area (Å²) in [5.41, 5.74) is 0. The van der Waals surface area contributed by atoms with Gasteiger partial charge >= 0.3 is 0 Å². The molecule has 0 spiro atoms. The van der Waals surface area contributed by atoms with Crippen LogP contribution in [0.25, 0.3) is 0 Å². The third-order valence-electron chi connectivity index (χ3n) is 2.62. The number of aryl methyl sites for hydroxylation is 1. The van der Waals surface area contributed by atoms with E-state index >= 15 is 0 Å². The van der Waals surface area contributed by atoms with Crippen LogP contribution in [0, 0.1) is 6.92 Å². The number of carbonyl (C=O) groups is 1. The Kier molecular flexibility index (Phi) is 5.85. The number of nitrogens with one attached hydrogen (secondary N) is 1. The van der Waals surface area contributed by atoms with Crippen molar-refractivity contribution in [2.75, 3.05) is 13.2 Å². The Hall–Kier alpha value is -1.30. The number of hydrogen-bond acceptors (Lipinski definition) is 4. The van der Waals surface area contributed by atoms with Crippen LogP contribution in [0.4, 0.5) is 0 Å². The van der Waals surface area contributed by atoms with Gasteiger partial charge in [0.25, 0.3) is 5.91 Å². The highest BCUT2D eigenvalue weighted by molar-refractivity contribution is 7.11. The second-order valence-corrected chi connectivity index (χ2v) is 6.47. The standard InChI is InChI=1S/C14H14Cl2N2O2S/c1-9-18-7-11(21-9)4-5-17-14(19)8-20-13-3-2-10(15)6-12(13)16/h2-3,6-7H,4-5,8H2,1H3,(H,17,19). The summed E-state index contributed by atoms with van der Waals surface area (Å²) >= 11 is 13.4. The van der Waals surface area contributed by atoms with Crippen molar-refractivity contribution in [3.63, 3.8) is 0 Å². The number of amides is 1. The van der Waals surface area contributed by atoms with Gasteiger partial charge in [0.1, 0.15) is 5.75 Å². The molecular formula is C14H14Cl2N2O2S. The lowest BCUT2D eigenvalue weighted by atomic mass is 10.3. The first-order valence-corrected chi connectivity index (χ1v) is 7.87. The molecule has 0 unspecified atom stereocenters. The van der Waals surface area contributed by atoms with E-state index in [2.05, 4.69) is 10.3 Å². The number of rotatable bonds is 6. The summed E-state index contributed by atoms with van der Waals surface area (Å²) in [6.07, 6.45) is 2.59. The van der Waals surface area contributed by atoms with E-state index in [1.54, 1.807) is 29.5 Å². The summed E-state index contributed by atoms with van der Waals surface area (Å²) in [4.78, 5) is 17.0. The normalized spacial score (nSPS) is 10.4. The number of carbonyl (C=O) groups excluding carboxylic acids is 1. The molecule has 0 aliphatic rings. The molecule has 2 aromatic rings. The third-order valence-corrected chi connectivity index (χ3v) is 4.12. The zero-order valence-electron chi connectivity index (χ0n) is 11.4. The lowest BCUT2D eigenvalue weighted by Crippen LogP contribution is -2.30. The Morgan fingerprint density at radius 2 is 2.24 bits per heavy atom. The van der Waals surface area contributed by atoms with Crippen LogP contribution >= 0.6 is 34.5 Å². The highest BCUT2D eigenvalue weighted by Gasteiger charge is 2.06. The van der Waals surface area contributed by atoms with E-state index in [1.165, 1.54) is 0 Å². The number of ether oxygens (including phenoxy) is 1. The van der Waals surface area contributed by atoms with Gasteiger partial charge in [-0.25, -0.2) is 4.98 Å². The van der Waals surface area contributed by atoms with Crippen LogP contribution in [0.5, 0.6) is 5.75 Å². The van der Waals surface area contributed by atoms with Gasteiger partial charge in [0, 0.05) is 29.1 Å². The molecule has 2 rings (SSSR count). The van der Waals surface area contributed by atoms with Gasteiger partial charge < -0.3 is 10.1 Å². The Balaban J connectivity index is 1.72. The summed E-state index contributed by atoms with van der Waals surface area (Å²) in [7, 11) is 0. The summed E-state index contributed by atoms with van der Waals surface area (Å²) in [5.74, 6) is 0.247. The predicted octanol–water partition coefficient (Wildman–Crippen LogP) is 3.50. The van der Waals surface area contributed by atoms with Crippen molar-refractivity contribution in [2.24, 2.45) is 0 Å². The van der Waals surface area contributed by atoms with E-state index < -0.39 is 0 Å². The van der Waals surface area contributed by atoms with Gasteiger partial charge in [-0.3, -0.25) is 4.79 Å².